The highest BCUT2D eigenvalue weighted by Gasteiger charge is 2.04. The lowest BCUT2D eigenvalue weighted by Crippen LogP contribution is -2.29. The average molecular weight is 357 g/mol. The van der Waals surface area contributed by atoms with E-state index in [0.29, 0.717) is 13.0 Å². The summed E-state index contributed by atoms with van der Waals surface area (Å²) in [5.41, 5.74) is 1.78. The lowest BCUT2D eigenvalue weighted by Gasteiger charge is -2.10. The Balaban J connectivity index is 2.17. The Labute approximate surface area is 133 Å². The zero-order valence-corrected chi connectivity index (χ0v) is 13.7. The maximum Gasteiger partial charge on any atom is 0.319 e. The Morgan fingerprint density at radius 2 is 1.90 bits per heavy atom. The number of halogens is 1. The van der Waals surface area contributed by atoms with E-state index in [1.807, 2.05) is 25.1 Å². The molecule has 0 saturated carbocycles. The summed E-state index contributed by atoms with van der Waals surface area (Å²) in [5, 5.41) is 14.1. The van der Waals surface area contributed by atoms with E-state index in [0.717, 1.165) is 35.0 Å². The third kappa shape index (κ3) is 7.70. The molecule has 0 aromatic heterocycles. The van der Waals surface area contributed by atoms with Crippen molar-refractivity contribution in [2.45, 2.75) is 39.0 Å². The van der Waals surface area contributed by atoms with Crippen LogP contribution in [0.2, 0.25) is 0 Å². The van der Waals surface area contributed by atoms with Crippen molar-refractivity contribution in [1.29, 1.82) is 0 Å². The smallest absolute Gasteiger partial charge is 0.319 e. The monoisotopic (exact) mass is 356 g/mol. The summed E-state index contributed by atoms with van der Waals surface area (Å²) in [5.74, 6) is -0.753. The summed E-state index contributed by atoms with van der Waals surface area (Å²) in [7, 11) is 0. The van der Waals surface area contributed by atoms with Crippen LogP contribution in [0, 0.1) is 6.92 Å². The van der Waals surface area contributed by atoms with E-state index in [9.17, 15) is 9.59 Å². The molecule has 116 valence electrons. The second kappa shape index (κ2) is 9.39. The van der Waals surface area contributed by atoms with Crippen LogP contribution in [0.5, 0.6) is 0 Å². The van der Waals surface area contributed by atoms with Crippen molar-refractivity contribution in [2.24, 2.45) is 0 Å². The van der Waals surface area contributed by atoms with Gasteiger partial charge in [0, 0.05) is 23.1 Å². The van der Waals surface area contributed by atoms with Crippen molar-refractivity contribution < 1.29 is 14.7 Å². The number of carbonyl (C=O) groups excluding carboxylic acids is 1. The summed E-state index contributed by atoms with van der Waals surface area (Å²) in [6.45, 7) is 2.52. The normalized spacial score (nSPS) is 10.2. The van der Waals surface area contributed by atoms with E-state index in [4.69, 9.17) is 5.11 Å². The number of benzene rings is 1. The van der Waals surface area contributed by atoms with Gasteiger partial charge in [0.15, 0.2) is 0 Å². The zero-order chi connectivity index (χ0) is 15.7. The molecule has 0 heterocycles. The summed E-state index contributed by atoms with van der Waals surface area (Å²) in [6.07, 6.45) is 3.56. The SMILES string of the molecule is Cc1ccc(Br)cc1NC(=O)NCCCCCCC(=O)O. The number of hydrogen-bond acceptors (Lipinski definition) is 2. The predicted octanol–water partition coefficient (Wildman–Crippen LogP) is 3.91. The molecule has 0 saturated heterocycles. The first-order chi connectivity index (χ1) is 9.99. The van der Waals surface area contributed by atoms with Gasteiger partial charge in [0.1, 0.15) is 0 Å². The predicted molar refractivity (Wildman–Crippen MR) is 86.6 cm³/mol. The molecule has 1 rings (SSSR count). The summed E-state index contributed by atoms with van der Waals surface area (Å²) in [6, 6.07) is 5.50. The van der Waals surface area contributed by atoms with Crippen LogP contribution in [0.15, 0.2) is 22.7 Å². The third-order valence-corrected chi connectivity index (χ3v) is 3.54. The van der Waals surface area contributed by atoms with E-state index in [-0.39, 0.29) is 12.5 Å². The fourth-order valence-corrected chi connectivity index (χ4v) is 2.21. The van der Waals surface area contributed by atoms with Crippen LogP contribution in [0.25, 0.3) is 0 Å². The van der Waals surface area contributed by atoms with Crippen molar-refractivity contribution in [3.63, 3.8) is 0 Å². The number of hydrogen-bond donors (Lipinski definition) is 3. The quantitative estimate of drug-likeness (QED) is 0.617. The molecule has 21 heavy (non-hydrogen) atoms. The van der Waals surface area contributed by atoms with Gasteiger partial charge in [0.05, 0.1) is 0 Å². The number of urea groups is 1. The lowest BCUT2D eigenvalue weighted by molar-refractivity contribution is -0.137. The number of carboxylic acid groups (broad SMARTS) is 1. The first-order valence-corrected chi connectivity index (χ1v) is 7.81. The van der Waals surface area contributed by atoms with Gasteiger partial charge in [0.2, 0.25) is 0 Å². The van der Waals surface area contributed by atoms with E-state index in [1.165, 1.54) is 0 Å². The van der Waals surface area contributed by atoms with Crippen LogP contribution in [0.3, 0.4) is 0 Å². The zero-order valence-electron chi connectivity index (χ0n) is 12.1. The number of amides is 2. The van der Waals surface area contributed by atoms with Crippen LogP contribution in [-0.2, 0) is 4.79 Å². The maximum atomic E-state index is 11.7. The van der Waals surface area contributed by atoms with Gasteiger partial charge < -0.3 is 15.7 Å². The fraction of sp³-hybridized carbons (Fsp3) is 0.467. The fourth-order valence-electron chi connectivity index (χ4n) is 1.85. The van der Waals surface area contributed by atoms with Crippen molar-refractivity contribution >= 4 is 33.6 Å². The minimum atomic E-state index is -0.753. The molecule has 5 nitrogen and oxygen atoms in total. The molecule has 0 bridgehead atoms. The summed E-state index contributed by atoms with van der Waals surface area (Å²) < 4.78 is 0.918. The second-order valence-electron chi connectivity index (χ2n) is 4.90. The standard InChI is InChI=1S/C15H21BrN2O3/c1-11-7-8-12(16)10-13(11)18-15(21)17-9-5-3-2-4-6-14(19)20/h7-8,10H,2-6,9H2,1H3,(H,19,20)(H2,17,18,21). The van der Waals surface area contributed by atoms with E-state index in [1.54, 1.807) is 0 Å². The molecule has 0 aliphatic rings. The molecule has 1 aromatic rings. The van der Waals surface area contributed by atoms with Crippen LogP contribution in [-0.4, -0.2) is 23.7 Å². The summed E-state index contributed by atoms with van der Waals surface area (Å²) in [4.78, 5) is 22.1. The largest absolute Gasteiger partial charge is 0.481 e. The Bertz CT molecular complexity index is 492. The number of unbranched alkanes of at least 4 members (excludes halogenated alkanes) is 3. The molecular formula is C15H21BrN2O3. The molecule has 0 fully saturated rings. The Morgan fingerprint density at radius 3 is 2.62 bits per heavy atom. The number of anilines is 1. The van der Waals surface area contributed by atoms with Gasteiger partial charge in [-0.25, -0.2) is 4.79 Å². The highest BCUT2D eigenvalue weighted by Crippen LogP contribution is 2.20. The van der Waals surface area contributed by atoms with Gasteiger partial charge in [-0.2, -0.15) is 0 Å². The first-order valence-electron chi connectivity index (χ1n) is 7.02. The highest BCUT2D eigenvalue weighted by atomic mass is 79.9. The molecule has 3 N–H and O–H groups in total. The van der Waals surface area contributed by atoms with Gasteiger partial charge in [0.25, 0.3) is 0 Å². The molecule has 0 spiro atoms. The van der Waals surface area contributed by atoms with Crippen molar-refractivity contribution in [3.8, 4) is 0 Å². The molecule has 6 heteroatoms. The number of aryl methyl sites for hydroxylation is 1. The van der Waals surface area contributed by atoms with E-state index >= 15 is 0 Å². The van der Waals surface area contributed by atoms with Crippen molar-refractivity contribution in [1.82, 2.24) is 5.32 Å². The van der Waals surface area contributed by atoms with Crippen LogP contribution in [0.4, 0.5) is 10.5 Å². The van der Waals surface area contributed by atoms with Gasteiger partial charge in [-0.05, 0) is 37.5 Å². The summed E-state index contributed by atoms with van der Waals surface area (Å²) >= 11 is 3.37. The minimum Gasteiger partial charge on any atom is -0.481 e. The molecule has 0 aliphatic carbocycles. The Morgan fingerprint density at radius 1 is 1.19 bits per heavy atom. The minimum absolute atomic E-state index is 0.218. The Hall–Kier alpha value is -1.56. The number of carboxylic acids is 1. The molecule has 2 amide bonds. The molecule has 0 atom stereocenters. The molecule has 0 radical (unpaired) electrons. The van der Waals surface area contributed by atoms with Crippen molar-refractivity contribution in [3.05, 3.63) is 28.2 Å². The number of carbonyl (C=O) groups is 2. The van der Waals surface area contributed by atoms with Crippen LogP contribution >= 0.6 is 15.9 Å². The van der Waals surface area contributed by atoms with Crippen LogP contribution < -0.4 is 10.6 Å². The molecule has 1 aromatic carbocycles. The first kappa shape index (κ1) is 17.5. The molecule has 0 aliphatic heterocycles. The van der Waals surface area contributed by atoms with Gasteiger partial charge >= 0.3 is 12.0 Å². The molecular weight excluding hydrogens is 336 g/mol. The second-order valence-corrected chi connectivity index (χ2v) is 5.81. The van der Waals surface area contributed by atoms with E-state index in [2.05, 4.69) is 26.6 Å². The van der Waals surface area contributed by atoms with Crippen LogP contribution in [0.1, 0.15) is 37.7 Å². The number of aliphatic carboxylic acids is 1. The average Bonchev–Trinajstić information content (AvgIpc) is 2.41. The molecule has 0 unspecified atom stereocenters. The maximum absolute atomic E-state index is 11.7. The third-order valence-electron chi connectivity index (χ3n) is 3.05. The Kier molecular flexibility index (Phi) is 7.82. The van der Waals surface area contributed by atoms with Gasteiger partial charge in [-0.1, -0.05) is 34.8 Å². The highest BCUT2D eigenvalue weighted by molar-refractivity contribution is 9.10. The topological polar surface area (TPSA) is 78.4 Å². The number of nitrogens with one attached hydrogen (secondary N) is 2. The number of rotatable bonds is 8. The van der Waals surface area contributed by atoms with E-state index < -0.39 is 5.97 Å². The lowest BCUT2D eigenvalue weighted by atomic mass is 10.1. The van der Waals surface area contributed by atoms with Crippen molar-refractivity contribution in [2.75, 3.05) is 11.9 Å². The van der Waals surface area contributed by atoms with Gasteiger partial charge in [-0.15, -0.1) is 0 Å². The van der Waals surface area contributed by atoms with Gasteiger partial charge in [-0.3, -0.25) is 4.79 Å².